The first kappa shape index (κ1) is 14.5. The molecule has 1 N–H and O–H groups in total. The summed E-state index contributed by atoms with van der Waals surface area (Å²) in [6, 6.07) is 5.30. The molecule has 0 saturated heterocycles. The number of hydrogen-bond donors (Lipinski definition) is 1. The normalized spacial score (nSPS) is 10.1. The summed E-state index contributed by atoms with van der Waals surface area (Å²) in [4.78, 5) is 23.8. The summed E-state index contributed by atoms with van der Waals surface area (Å²) < 4.78 is 6.09. The van der Waals surface area contributed by atoms with Crippen LogP contribution in [0.15, 0.2) is 27.6 Å². The van der Waals surface area contributed by atoms with Crippen LogP contribution < -0.4 is 10.9 Å². The van der Waals surface area contributed by atoms with Gasteiger partial charge in [-0.25, -0.2) is 4.68 Å². The van der Waals surface area contributed by atoms with Gasteiger partial charge in [0.1, 0.15) is 23.9 Å². The molecule has 0 fully saturated rings. The van der Waals surface area contributed by atoms with E-state index in [9.17, 15) is 9.59 Å². The summed E-state index contributed by atoms with van der Waals surface area (Å²) in [5.74, 6) is 0.231. The Morgan fingerprint density at radius 1 is 1.52 bits per heavy atom. The Labute approximate surface area is 120 Å². The molecule has 2 heterocycles. The van der Waals surface area contributed by atoms with E-state index < -0.39 is 5.56 Å². The second-order valence-corrected chi connectivity index (χ2v) is 4.52. The van der Waals surface area contributed by atoms with Gasteiger partial charge < -0.3 is 9.73 Å². The molecule has 1 amide bonds. The predicted octanol–water partition coefficient (Wildman–Crippen LogP) is 0.641. The van der Waals surface area contributed by atoms with Crippen molar-refractivity contribution < 1.29 is 9.21 Å². The van der Waals surface area contributed by atoms with E-state index in [0.29, 0.717) is 17.0 Å². The first-order valence-corrected chi connectivity index (χ1v) is 6.30. The van der Waals surface area contributed by atoms with E-state index in [-0.39, 0.29) is 24.6 Å². The summed E-state index contributed by atoms with van der Waals surface area (Å²) in [7, 11) is 0. The third-order valence-corrected chi connectivity index (χ3v) is 3.08. The number of furan rings is 1. The van der Waals surface area contributed by atoms with Crippen molar-refractivity contribution in [3.8, 4) is 6.07 Å². The van der Waals surface area contributed by atoms with E-state index in [1.165, 1.54) is 6.26 Å². The fourth-order valence-corrected chi connectivity index (χ4v) is 1.80. The zero-order chi connectivity index (χ0) is 15.4. The highest BCUT2D eigenvalue weighted by Gasteiger charge is 2.13. The molecule has 0 spiro atoms. The summed E-state index contributed by atoms with van der Waals surface area (Å²) in [6.07, 6.45) is 1.51. The van der Waals surface area contributed by atoms with Crippen LogP contribution in [0.25, 0.3) is 0 Å². The van der Waals surface area contributed by atoms with E-state index in [4.69, 9.17) is 9.68 Å². The maximum absolute atomic E-state index is 12.0. The lowest BCUT2D eigenvalue weighted by atomic mass is 10.1. The van der Waals surface area contributed by atoms with Gasteiger partial charge in [0.2, 0.25) is 5.91 Å². The first-order valence-electron chi connectivity index (χ1n) is 6.30. The number of aromatic nitrogens is 2. The van der Waals surface area contributed by atoms with Gasteiger partial charge in [-0.3, -0.25) is 9.59 Å². The molecule has 0 aliphatic carbocycles. The van der Waals surface area contributed by atoms with Crippen molar-refractivity contribution in [2.45, 2.75) is 26.9 Å². The molecule has 2 rings (SSSR count). The average Bonchev–Trinajstić information content (AvgIpc) is 2.96. The van der Waals surface area contributed by atoms with Crippen LogP contribution in [0.4, 0.5) is 0 Å². The van der Waals surface area contributed by atoms with Crippen LogP contribution in [-0.4, -0.2) is 15.7 Å². The molecule has 0 unspecified atom stereocenters. The Bertz CT molecular complexity index is 754. The lowest BCUT2D eigenvalue weighted by molar-refractivity contribution is -0.122. The molecule has 0 bridgehead atoms. The van der Waals surface area contributed by atoms with Gasteiger partial charge in [-0.2, -0.15) is 10.4 Å². The summed E-state index contributed by atoms with van der Waals surface area (Å²) in [5.41, 5.74) is 0.537. The molecule has 7 nitrogen and oxygen atoms in total. The molecule has 0 aliphatic heterocycles. The maximum Gasteiger partial charge on any atom is 0.285 e. The molecule has 0 saturated carbocycles. The van der Waals surface area contributed by atoms with Crippen molar-refractivity contribution in [3.05, 3.63) is 51.3 Å². The van der Waals surface area contributed by atoms with Crippen LogP contribution in [-0.2, 0) is 17.9 Å². The van der Waals surface area contributed by atoms with Crippen molar-refractivity contribution >= 4 is 5.91 Å². The lowest BCUT2D eigenvalue weighted by Gasteiger charge is -2.09. The summed E-state index contributed by atoms with van der Waals surface area (Å²) >= 11 is 0. The lowest BCUT2D eigenvalue weighted by Crippen LogP contribution is -2.35. The van der Waals surface area contributed by atoms with Crippen molar-refractivity contribution in [1.82, 2.24) is 15.1 Å². The quantitative estimate of drug-likeness (QED) is 0.888. The largest absolute Gasteiger partial charge is 0.467 e. The number of nitrogens with zero attached hydrogens (tertiary/aromatic N) is 3. The number of aryl methyl sites for hydroxylation is 1. The van der Waals surface area contributed by atoms with Crippen molar-refractivity contribution in [3.63, 3.8) is 0 Å². The highest BCUT2D eigenvalue weighted by molar-refractivity contribution is 5.75. The third kappa shape index (κ3) is 3.17. The molecule has 2 aromatic heterocycles. The van der Waals surface area contributed by atoms with Crippen LogP contribution >= 0.6 is 0 Å². The fourth-order valence-electron chi connectivity index (χ4n) is 1.80. The van der Waals surface area contributed by atoms with Gasteiger partial charge in [0.15, 0.2) is 0 Å². The van der Waals surface area contributed by atoms with Crippen LogP contribution in [0, 0.1) is 25.2 Å². The Kier molecular flexibility index (Phi) is 4.18. The minimum atomic E-state index is -0.561. The standard InChI is InChI=1S/C14H14N4O3/c1-9-10(2)17-18(14(20)12(9)6-15)8-13(19)16-7-11-4-3-5-21-11/h3-5H,7-8H2,1-2H3,(H,16,19). The monoisotopic (exact) mass is 286 g/mol. The fraction of sp³-hybridized carbons (Fsp3) is 0.286. The number of hydrogen-bond acceptors (Lipinski definition) is 5. The summed E-state index contributed by atoms with van der Waals surface area (Å²) in [5, 5.41) is 15.7. The van der Waals surface area contributed by atoms with E-state index >= 15 is 0 Å². The highest BCUT2D eigenvalue weighted by atomic mass is 16.3. The van der Waals surface area contributed by atoms with Crippen LogP contribution in [0.5, 0.6) is 0 Å². The minimum absolute atomic E-state index is 0.0151. The molecule has 0 atom stereocenters. The van der Waals surface area contributed by atoms with Gasteiger partial charge in [0.05, 0.1) is 18.5 Å². The van der Waals surface area contributed by atoms with E-state index in [2.05, 4.69) is 10.4 Å². The molecule has 0 radical (unpaired) electrons. The Hall–Kier alpha value is -2.88. The van der Waals surface area contributed by atoms with Crippen LogP contribution in [0.2, 0.25) is 0 Å². The number of nitriles is 1. The molecule has 0 aliphatic rings. The smallest absolute Gasteiger partial charge is 0.285 e. The number of amides is 1. The molecule has 108 valence electrons. The molecular formula is C14H14N4O3. The minimum Gasteiger partial charge on any atom is -0.467 e. The topological polar surface area (TPSA) is 101 Å². The second kappa shape index (κ2) is 6.05. The van der Waals surface area contributed by atoms with Crippen molar-refractivity contribution in [2.24, 2.45) is 0 Å². The molecule has 0 aromatic carbocycles. The van der Waals surface area contributed by atoms with Crippen molar-refractivity contribution in [1.29, 1.82) is 5.26 Å². The molecular weight excluding hydrogens is 272 g/mol. The average molecular weight is 286 g/mol. The SMILES string of the molecule is Cc1nn(CC(=O)NCc2ccco2)c(=O)c(C#N)c1C. The number of carbonyl (C=O) groups excluding carboxylic acids is 1. The highest BCUT2D eigenvalue weighted by Crippen LogP contribution is 2.04. The van der Waals surface area contributed by atoms with E-state index in [0.717, 1.165) is 4.68 Å². The van der Waals surface area contributed by atoms with Gasteiger partial charge in [-0.05, 0) is 31.5 Å². The van der Waals surface area contributed by atoms with Gasteiger partial charge >= 0.3 is 0 Å². The number of nitrogens with one attached hydrogen (secondary N) is 1. The molecule has 2 aromatic rings. The zero-order valence-corrected chi connectivity index (χ0v) is 11.7. The number of rotatable bonds is 4. The third-order valence-electron chi connectivity index (χ3n) is 3.08. The predicted molar refractivity (Wildman–Crippen MR) is 73.2 cm³/mol. The van der Waals surface area contributed by atoms with Crippen LogP contribution in [0.1, 0.15) is 22.6 Å². The van der Waals surface area contributed by atoms with E-state index in [1.54, 1.807) is 26.0 Å². The molecule has 7 heteroatoms. The van der Waals surface area contributed by atoms with Gasteiger partial charge in [-0.15, -0.1) is 0 Å². The van der Waals surface area contributed by atoms with E-state index in [1.807, 2.05) is 6.07 Å². The Morgan fingerprint density at radius 3 is 2.90 bits per heavy atom. The maximum atomic E-state index is 12.0. The Balaban J connectivity index is 2.13. The number of carbonyl (C=O) groups is 1. The van der Waals surface area contributed by atoms with Gasteiger partial charge in [0, 0.05) is 0 Å². The zero-order valence-electron chi connectivity index (χ0n) is 11.7. The van der Waals surface area contributed by atoms with Crippen LogP contribution in [0.3, 0.4) is 0 Å². The second-order valence-electron chi connectivity index (χ2n) is 4.52. The first-order chi connectivity index (χ1) is 10.0. The van der Waals surface area contributed by atoms with Gasteiger partial charge in [-0.1, -0.05) is 0 Å². The molecule has 21 heavy (non-hydrogen) atoms. The Morgan fingerprint density at radius 2 is 2.29 bits per heavy atom. The summed E-state index contributed by atoms with van der Waals surface area (Å²) in [6.45, 7) is 3.34. The van der Waals surface area contributed by atoms with Crippen molar-refractivity contribution in [2.75, 3.05) is 0 Å². The van der Waals surface area contributed by atoms with Gasteiger partial charge in [0.25, 0.3) is 5.56 Å².